The van der Waals surface area contributed by atoms with Gasteiger partial charge in [0.15, 0.2) is 0 Å². The van der Waals surface area contributed by atoms with Crippen molar-refractivity contribution in [2.45, 2.75) is 0 Å². The van der Waals surface area contributed by atoms with Crippen molar-refractivity contribution < 1.29 is 17.3 Å². The Morgan fingerprint density at radius 1 is 0.882 bits per heavy atom. The lowest BCUT2D eigenvalue weighted by Gasteiger charge is -2.20. The van der Waals surface area contributed by atoms with Gasteiger partial charge in [0.1, 0.15) is 0 Å². The van der Waals surface area contributed by atoms with Gasteiger partial charge in [-0.05, 0) is 0 Å². The molecule has 17 heavy (non-hydrogen) atoms. The van der Waals surface area contributed by atoms with Crippen LogP contribution in [-0.4, -0.2) is 70.4 Å². The van der Waals surface area contributed by atoms with Gasteiger partial charge < -0.3 is 16.0 Å². The van der Waals surface area contributed by atoms with Crippen LogP contribution in [0.4, 0.5) is 0 Å². The maximum atomic E-state index is 10.6. The summed E-state index contributed by atoms with van der Waals surface area (Å²) in [6.07, 6.45) is 0. The van der Waals surface area contributed by atoms with E-state index in [9.17, 15) is 8.42 Å². The Morgan fingerprint density at radius 2 is 1.29 bits per heavy atom. The number of hydroxylamine groups is 2. The number of nitrogens with zero attached hydrogens (tertiary/aromatic N) is 1. The lowest BCUT2D eigenvalue weighted by molar-refractivity contribution is -0.0584. The second kappa shape index (κ2) is 7.93. The van der Waals surface area contributed by atoms with E-state index in [0.717, 1.165) is 26.2 Å². The fraction of sp³-hybridized carbons (Fsp3) is 1.00. The SMILES string of the molecule is O=S(=O)(O)ON1CCNCCNCCNCC1. The maximum absolute atomic E-state index is 10.6. The summed E-state index contributed by atoms with van der Waals surface area (Å²) in [4.78, 5) is 0. The molecule has 0 aliphatic carbocycles. The summed E-state index contributed by atoms with van der Waals surface area (Å²) >= 11 is 0. The Morgan fingerprint density at radius 3 is 1.71 bits per heavy atom. The molecule has 0 amide bonds. The van der Waals surface area contributed by atoms with E-state index in [1.807, 2.05) is 0 Å². The van der Waals surface area contributed by atoms with Crippen molar-refractivity contribution in [3.8, 4) is 0 Å². The first-order chi connectivity index (χ1) is 8.08. The molecule has 102 valence electrons. The van der Waals surface area contributed by atoms with Gasteiger partial charge in [-0.1, -0.05) is 0 Å². The molecule has 1 fully saturated rings. The second-order valence-electron chi connectivity index (χ2n) is 3.68. The van der Waals surface area contributed by atoms with Crippen molar-refractivity contribution in [3.63, 3.8) is 0 Å². The van der Waals surface area contributed by atoms with Crippen LogP contribution < -0.4 is 16.0 Å². The molecule has 0 atom stereocenters. The van der Waals surface area contributed by atoms with Crippen LogP contribution in [0.5, 0.6) is 0 Å². The first kappa shape index (κ1) is 14.8. The molecule has 0 unspecified atom stereocenters. The zero-order valence-electron chi connectivity index (χ0n) is 9.68. The van der Waals surface area contributed by atoms with Gasteiger partial charge in [-0.25, -0.2) is 0 Å². The van der Waals surface area contributed by atoms with E-state index in [1.54, 1.807) is 0 Å². The highest BCUT2D eigenvalue weighted by molar-refractivity contribution is 7.80. The third-order valence-corrected chi connectivity index (χ3v) is 2.63. The molecule has 0 bridgehead atoms. The van der Waals surface area contributed by atoms with Crippen molar-refractivity contribution in [3.05, 3.63) is 0 Å². The minimum absolute atomic E-state index is 0.390. The first-order valence-corrected chi connectivity index (χ1v) is 6.98. The fourth-order valence-electron chi connectivity index (χ4n) is 1.46. The maximum Gasteiger partial charge on any atom is 0.413 e. The third-order valence-electron chi connectivity index (χ3n) is 2.23. The van der Waals surface area contributed by atoms with Crippen LogP contribution in [0.3, 0.4) is 0 Å². The standard InChI is InChI=1S/C8H20N4O4S/c13-17(14,15)16-12-7-5-10-3-1-9-2-4-11-6-8-12/h9-11H,1-8H2,(H,13,14,15). The van der Waals surface area contributed by atoms with E-state index in [1.165, 1.54) is 5.06 Å². The Labute approximate surface area is 102 Å². The smallest absolute Gasteiger partial charge is 0.314 e. The molecule has 0 aromatic heterocycles. The lowest BCUT2D eigenvalue weighted by atomic mass is 10.4. The highest BCUT2D eigenvalue weighted by Crippen LogP contribution is 1.95. The van der Waals surface area contributed by atoms with Gasteiger partial charge in [-0.2, -0.15) is 17.8 Å². The summed E-state index contributed by atoms with van der Waals surface area (Å²) in [6.45, 7) is 5.30. The van der Waals surface area contributed by atoms with Gasteiger partial charge in [0, 0.05) is 52.4 Å². The zero-order chi connectivity index (χ0) is 12.6. The van der Waals surface area contributed by atoms with E-state index in [0.29, 0.717) is 26.2 Å². The van der Waals surface area contributed by atoms with E-state index in [2.05, 4.69) is 20.2 Å². The average molecular weight is 268 g/mol. The molecule has 4 N–H and O–H groups in total. The molecule has 1 rings (SSSR count). The summed E-state index contributed by atoms with van der Waals surface area (Å²) in [7, 11) is -4.43. The van der Waals surface area contributed by atoms with Crippen LogP contribution >= 0.6 is 0 Å². The second-order valence-corrected chi connectivity index (χ2v) is 4.69. The molecule has 1 aliphatic rings. The molecule has 0 radical (unpaired) electrons. The van der Waals surface area contributed by atoms with E-state index in [-0.39, 0.29) is 0 Å². The van der Waals surface area contributed by atoms with Crippen molar-refractivity contribution in [1.82, 2.24) is 21.0 Å². The van der Waals surface area contributed by atoms with Crippen LogP contribution in [0, 0.1) is 0 Å². The highest BCUT2D eigenvalue weighted by Gasteiger charge is 2.13. The fourth-order valence-corrected chi connectivity index (χ4v) is 1.87. The molecular formula is C8H20N4O4S. The lowest BCUT2D eigenvalue weighted by Crippen LogP contribution is -2.42. The summed E-state index contributed by atoms with van der Waals surface area (Å²) in [5, 5.41) is 10.7. The number of hydrogen-bond donors (Lipinski definition) is 4. The Kier molecular flexibility index (Phi) is 6.89. The zero-order valence-corrected chi connectivity index (χ0v) is 10.5. The Balaban J connectivity index is 2.37. The molecular weight excluding hydrogens is 248 g/mol. The minimum Gasteiger partial charge on any atom is -0.314 e. The molecule has 0 aromatic carbocycles. The topological polar surface area (TPSA) is 103 Å². The molecule has 8 nitrogen and oxygen atoms in total. The van der Waals surface area contributed by atoms with Crippen molar-refractivity contribution in [2.24, 2.45) is 0 Å². The Bertz CT molecular complexity index is 286. The van der Waals surface area contributed by atoms with E-state index < -0.39 is 10.4 Å². The van der Waals surface area contributed by atoms with Gasteiger partial charge in [-0.15, -0.1) is 0 Å². The number of nitrogens with one attached hydrogen (secondary N) is 3. The van der Waals surface area contributed by atoms with Crippen LogP contribution in [0.2, 0.25) is 0 Å². The van der Waals surface area contributed by atoms with Crippen molar-refractivity contribution in [1.29, 1.82) is 0 Å². The average Bonchev–Trinajstić information content (AvgIpc) is 2.20. The monoisotopic (exact) mass is 268 g/mol. The summed E-state index contributed by atoms with van der Waals surface area (Å²) in [6, 6.07) is 0. The number of hydrogen-bond acceptors (Lipinski definition) is 7. The van der Waals surface area contributed by atoms with Gasteiger partial charge in [-0.3, -0.25) is 4.55 Å². The predicted octanol–water partition coefficient (Wildman–Crippen LogP) is -2.19. The minimum atomic E-state index is -4.43. The molecule has 0 aromatic rings. The Hall–Kier alpha value is -0.290. The summed E-state index contributed by atoms with van der Waals surface area (Å²) in [5.74, 6) is 0. The summed E-state index contributed by atoms with van der Waals surface area (Å²) < 4.78 is 34.3. The number of rotatable bonds is 2. The van der Waals surface area contributed by atoms with Crippen LogP contribution in [0.25, 0.3) is 0 Å². The summed E-state index contributed by atoms with van der Waals surface area (Å²) in [5.41, 5.74) is 0. The largest absolute Gasteiger partial charge is 0.413 e. The molecule has 0 saturated carbocycles. The van der Waals surface area contributed by atoms with E-state index >= 15 is 0 Å². The van der Waals surface area contributed by atoms with Gasteiger partial charge in [0.25, 0.3) is 0 Å². The molecule has 9 heteroatoms. The molecule has 0 spiro atoms. The molecule has 1 heterocycles. The third kappa shape index (κ3) is 8.44. The molecule has 1 aliphatic heterocycles. The van der Waals surface area contributed by atoms with E-state index in [4.69, 9.17) is 4.55 Å². The van der Waals surface area contributed by atoms with Crippen molar-refractivity contribution in [2.75, 3.05) is 52.4 Å². The van der Waals surface area contributed by atoms with Crippen LogP contribution in [-0.2, 0) is 14.7 Å². The quantitative estimate of drug-likeness (QED) is 0.419. The van der Waals surface area contributed by atoms with Gasteiger partial charge in [0.2, 0.25) is 0 Å². The normalized spacial score (nSPS) is 22.6. The predicted molar refractivity (Wildman–Crippen MR) is 62.8 cm³/mol. The van der Waals surface area contributed by atoms with Gasteiger partial charge >= 0.3 is 10.4 Å². The van der Waals surface area contributed by atoms with Gasteiger partial charge in [0.05, 0.1) is 0 Å². The van der Waals surface area contributed by atoms with Crippen LogP contribution in [0.1, 0.15) is 0 Å². The highest BCUT2D eigenvalue weighted by atomic mass is 32.3. The molecule has 1 saturated heterocycles. The first-order valence-electron chi connectivity index (χ1n) is 5.62. The van der Waals surface area contributed by atoms with Crippen molar-refractivity contribution >= 4 is 10.4 Å². The van der Waals surface area contributed by atoms with Crippen LogP contribution in [0.15, 0.2) is 0 Å².